The molecule has 4 nitrogen and oxygen atoms in total. The lowest BCUT2D eigenvalue weighted by molar-refractivity contribution is 0.140. The molecule has 0 unspecified atom stereocenters. The van der Waals surface area contributed by atoms with Gasteiger partial charge < -0.3 is 10.2 Å². The molecule has 1 aliphatic rings. The van der Waals surface area contributed by atoms with E-state index in [4.69, 9.17) is 0 Å². The van der Waals surface area contributed by atoms with Gasteiger partial charge in [-0.25, -0.2) is 9.18 Å². The monoisotopic (exact) mass is 369 g/mol. The first-order chi connectivity index (χ1) is 13.2. The van der Waals surface area contributed by atoms with Crippen molar-refractivity contribution in [1.29, 1.82) is 0 Å². The van der Waals surface area contributed by atoms with E-state index in [0.717, 1.165) is 51.1 Å². The zero-order valence-electron chi connectivity index (χ0n) is 15.7. The molecule has 0 atom stereocenters. The molecule has 0 radical (unpaired) electrons. The number of amides is 2. The van der Waals surface area contributed by atoms with Crippen LogP contribution in [-0.2, 0) is 12.8 Å². The third-order valence-corrected chi connectivity index (χ3v) is 5.08. The van der Waals surface area contributed by atoms with Gasteiger partial charge in [-0.05, 0) is 36.5 Å². The molecular weight excluding hydrogens is 341 g/mol. The van der Waals surface area contributed by atoms with Gasteiger partial charge in [0.2, 0.25) is 0 Å². The van der Waals surface area contributed by atoms with E-state index in [1.807, 2.05) is 35.2 Å². The molecule has 1 aliphatic heterocycles. The van der Waals surface area contributed by atoms with Crippen LogP contribution in [0.1, 0.15) is 17.5 Å². The lowest BCUT2D eigenvalue weighted by Crippen LogP contribution is -2.52. The number of piperazine rings is 1. The Kier molecular flexibility index (Phi) is 7.22. The van der Waals surface area contributed by atoms with Gasteiger partial charge in [0.15, 0.2) is 0 Å². The standard InChI is InChI=1S/C22H28FN3O/c23-21-11-5-4-10-20(21)12-14-25-15-17-26(18-16-25)22(27)24-13-6-9-19-7-2-1-3-8-19/h1-5,7-8,10-11H,6,9,12-18H2,(H,24,27). The summed E-state index contributed by atoms with van der Waals surface area (Å²) >= 11 is 0. The average molecular weight is 369 g/mol. The van der Waals surface area contributed by atoms with Crippen LogP contribution in [0.5, 0.6) is 0 Å². The molecule has 0 aliphatic carbocycles. The maximum atomic E-state index is 13.7. The van der Waals surface area contributed by atoms with Crippen LogP contribution in [0, 0.1) is 5.82 Å². The summed E-state index contributed by atoms with van der Waals surface area (Å²) in [4.78, 5) is 16.5. The van der Waals surface area contributed by atoms with E-state index in [2.05, 4.69) is 22.3 Å². The van der Waals surface area contributed by atoms with E-state index in [-0.39, 0.29) is 11.8 Å². The molecule has 0 spiro atoms. The first-order valence-electron chi connectivity index (χ1n) is 9.75. The Labute approximate surface area is 161 Å². The molecule has 2 aromatic rings. The van der Waals surface area contributed by atoms with E-state index in [1.165, 1.54) is 11.6 Å². The summed E-state index contributed by atoms with van der Waals surface area (Å²) in [5, 5.41) is 3.02. The number of carbonyl (C=O) groups excluding carboxylic acids is 1. The molecule has 1 heterocycles. The van der Waals surface area contributed by atoms with Gasteiger partial charge in [0.05, 0.1) is 0 Å². The number of rotatable bonds is 7. The fourth-order valence-electron chi connectivity index (χ4n) is 3.40. The first-order valence-corrected chi connectivity index (χ1v) is 9.75. The Balaban J connectivity index is 1.31. The van der Waals surface area contributed by atoms with Crippen LogP contribution in [0.3, 0.4) is 0 Å². The maximum absolute atomic E-state index is 13.7. The van der Waals surface area contributed by atoms with E-state index in [0.29, 0.717) is 13.0 Å². The van der Waals surface area contributed by atoms with Crippen molar-refractivity contribution in [3.63, 3.8) is 0 Å². The first kappa shape index (κ1) is 19.4. The van der Waals surface area contributed by atoms with Crippen LogP contribution in [0.2, 0.25) is 0 Å². The molecule has 1 N–H and O–H groups in total. The average Bonchev–Trinajstić information content (AvgIpc) is 2.72. The summed E-state index contributed by atoms with van der Waals surface area (Å²) in [6, 6.07) is 17.3. The van der Waals surface area contributed by atoms with Crippen molar-refractivity contribution in [2.75, 3.05) is 39.3 Å². The van der Waals surface area contributed by atoms with Crippen LogP contribution < -0.4 is 5.32 Å². The number of hydrogen-bond acceptors (Lipinski definition) is 2. The highest BCUT2D eigenvalue weighted by molar-refractivity contribution is 5.74. The topological polar surface area (TPSA) is 35.6 Å². The zero-order chi connectivity index (χ0) is 18.9. The van der Waals surface area contributed by atoms with Crippen molar-refractivity contribution in [2.45, 2.75) is 19.3 Å². The smallest absolute Gasteiger partial charge is 0.317 e. The summed E-state index contributed by atoms with van der Waals surface area (Å²) < 4.78 is 13.7. The Hall–Kier alpha value is -2.40. The quantitative estimate of drug-likeness (QED) is 0.760. The molecule has 2 amide bonds. The van der Waals surface area contributed by atoms with Gasteiger partial charge in [0, 0.05) is 39.3 Å². The maximum Gasteiger partial charge on any atom is 0.317 e. The predicted octanol–water partition coefficient (Wildman–Crippen LogP) is 3.33. The molecule has 3 rings (SSSR count). The summed E-state index contributed by atoms with van der Waals surface area (Å²) in [5.41, 5.74) is 2.06. The molecule has 27 heavy (non-hydrogen) atoms. The molecule has 0 bridgehead atoms. The van der Waals surface area contributed by atoms with Gasteiger partial charge in [0.25, 0.3) is 0 Å². The summed E-state index contributed by atoms with van der Waals surface area (Å²) in [5.74, 6) is -0.133. The molecule has 1 saturated heterocycles. The lowest BCUT2D eigenvalue weighted by atomic mass is 10.1. The summed E-state index contributed by atoms with van der Waals surface area (Å²) in [7, 11) is 0. The number of aryl methyl sites for hydroxylation is 1. The fourth-order valence-corrected chi connectivity index (χ4v) is 3.40. The Morgan fingerprint density at radius 1 is 0.926 bits per heavy atom. The zero-order valence-corrected chi connectivity index (χ0v) is 15.7. The van der Waals surface area contributed by atoms with Gasteiger partial charge in [0.1, 0.15) is 5.82 Å². The van der Waals surface area contributed by atoms with E-state index in [9.17, 15) is 9.18 Å². The molecule has 0 saturated carbocycles. The molecule has 144 valence electrons. The van der Waals surface area contributed by atoms with Gasteiger partial charge in [-0.3, -0.25) is 4.90 Å². The second kappa shape index (κ2) is 10.1. The number of carbonyl (C=O) groups is 1. The number of halogens is 1. The molecule has 5 heteroatoms. The normalized spacial score (nSPS) is 14.9. The minimum atomic E-state index is -0.133. The van der Waals surface area contributed by atoms with Crippen LogP contribution >= 0.6 is 0 Å². The van der Waals surface area contributed by atoms with Crippen molar-refractivity contribution < 1.29 is 9.18 Å². The van der Waals surface area contributed by atoms with Crippen molar-refractivity contribution in [2.24, 2.45) is 0 Å². The van der Waals surface area contributed by atoms with Crippen molar-refractivity contribution in [3.8, 4) is 0 Å². The van der Waals surface area contributed by atoms with E-state index < -0.39 is 0 Å². The fraction of sp³-hybridized carbons (Fsp3) is 0.409. The highest BCUT2D eigenvalue weighted by Gasteiger charge is 2.20. The minimum Gasteiger partial charge on any atom is -0.338 e. The van der Waals surface area contributed by atoms with Gasteiger partial charge in [-0.2, -0.15) is 0 Å². The second-order valence-corrected chi connectivity index (χ2v) is 6.99. The van der Waals surface area contributed by atoms with Crippen molar-refractivity contribution >= 4 is 6.03 Å². The lowest BCUT2D eigenvalue weighted by Gasteiger charge is -2.34. The largest absolute Gasteiger partial charge is 0.338 e. The third-order valence-electron chi connectivity index (χ3n) is 5.08. The van der Waals surface area contributed by atoms with Crippen molar-refractivity contribution in [1.82, 2.24) is 15.1 Å². The van der Waals surface area contributed by atoms with Crippen LogP contribution in [-0.4, -0.2) is 55.1 Å². The number of nitrogens with zero attached hydrogens (tertiary/aromatic N) is 2. The SMILES string of the molecule is O=C(NCCCc1ccccc1)N1CCN(CCc2ccccc2F)CC1. The summed E-state index contributed by atoms with van der Waals surface area (Å²) in [6.45, 7) is 4.65. The Morgan fingerprint density at radius 2 is 1.63 bits per heavy atom. The molecule has 0 aromatic heterocycles. The predicted molar refractivity (Wildman–Crippen MR) is 106 cm³/mol. The highest BCUT2D eigenvalue weighted by Crippen LogP contribution is 2.09. The number of nitrogens with one attached hydrogen (secondary N) is 1. The minimum absolute atomic E-state index is 0.0248. The Morgan fingerprint density at radius 3 is 2.37 bits per heavy atom. The number of urea groups is 1. The van der Waals surface area contributed by atoms with Gasteiger partial charge >= 0.3 is 6.03 Å². The van der Waals surface area contributed by atoms with Crippen LogP contribution in [0.4, 0.5) is 9.18 Å². The molecule has 1 fully saturated rings. The van der Waals surface area contributed by atoms with Gasteiger partial charge in [-0.15, -0.1) is 0 Å². The van der Waals surface area contributed by atoms with E-state index in [1.54, 1.807) is 6.07 Å². The highest BCUT2D eigenvalue weighted by atomic mass is 19.1. The Bertz CT molecular complexity index is 715. The van der Waals surface area contributed by atoms with Gasteiger partial charge in [-0.1, -0.05) is 48.5 Å². The number of hydrogen-bond donors (Lipinski definition) is 1. The van der Waals surface area contributed by atoms with Crippen molar-refractivity contribution in [3.05, 3.63) is 71.5 Å². The van der Waals surface area contributed by atoms with E-state index >= 15 is 0 Å². The number of benzene rings is 2. The molecule has 2 aromatic carbocycles. The molecular formula is C22H28FN3O. The summed E-state index contributed by atoms with van der Waals surface area (Å²) in [6.07, 6.45) is 2.63. The van der Waals surface area contributed by atoms with Crippen LogP contribution in [0.15, 0.2) is 54.6 Å². The van der Waals surface area contributed by atoms with Crippen LogP contribution in [0.25, 0.3) is 0 Å². The second-order valence-electron chi connectivity index (χ2n) is 6.99. The third kappa shape index (κ3) is 6.07.